The lowest BCUT2D eigenvalue weighted by Crippen LogP contribution is -2.52. The molecule has 0 bridgehead atoms. The fourth-order valence-corrected chi connectivity index (χ4v) is 2.19. The van der Waals surface area contributed by atoms with Crippen molar-refractivity contribution in [1.29, 1.82) is 0 Å². The number of amides is 3. The monoisotopic (exact) mass is 272 g/mol. The molecule has 1 aliphatic rings. The summed E-state index contributed by atoms with van der Waals surface area (Å²) in [6.45, 7) is 0. The number of hydrogen-bond acceptors (Lipinski definition) is 4. The molecule has 0 radical (unpaired) electrons. The van der Waals surface area contributed by atoms with Crippen LogP contribution in [-0.2, 0) is 9.59 Å². The Morgan fingerprint density at radius 2 is 2.10 bits per heavy atom. The van der Waals surface area contributed by atoms with Crippen LogP contribution in [0.3, 0.4) is 0 Å². The van der Waals surface area contributed by atoms with E-state index in [0.717, 1.165) is 5.52 Å². The number of nitrogens with zero attached hydrogens (tertiary/aromatic N) is 1. The fraction of sp³-hybridized carbons (Fsp3) is 0.231. The zero-order chi connectivity index (χ0) is 14.1. The van der Waals surface area contributed by atoms with E-state index in [0.29, 0.717) is 11.8 Å². The van der Waals surface area contributed by atoms with Gasteiger partial charge in [0, 0.05) is 11.8 Å². The molecular formula is C13H12N4O3. The van der Waals surface area contributed by atoms with Gasteiger partial charge >= 0.3 is 0 Å². The topological polar surface area (TPSA) is 104 Å². The van der Waals surface area contributed by atoms with Crippen molar-refractivity contribution in [2.45, 2.75) is 18.9 Å². The molecule has 1 fully saturated rings. The number of piperidine rings is 1. The summed E-state index contributed by atoms with van der Waals surface area (Å²) < 4.78 is 0. The molecule has 1 saturated heterocycles. The third-order valence-corrected chi connectivity index (χ3v) is 3.23. The number of aromatic nitrogens is 2. The number of fused-ring (bicyclic) bond motifs is 1. The van der Waals surface area contributed by atoms with Crippen molar-refractivity contribution in [3.63, 3.8) is 0 Å². The molecule has 1 aromatic heterocycles. The number of para-hydroxylation sites is 1. The molecule has 1 aliphatic heterocycles. The number of carbonyl (C=O) groups is 3. The predicted octanol–water partition coefficient (Wildman–Crippen LogP) is 0.0979. The maximum absolute atomic E-state index is 12.2. The molecule has 3 rings (SSSR count). The summed E-state index contributed by atoms with van der Waals surface area (Å²) in [7, 11) is 0. The van der Waals surface area contributed by atoms with Crippen LogP contribution >= 0.6 is 0 Å². The van der Waals surface area contributed by atoms with E-state index in [4.69, 9.17) is 0 Å². The van der Waals surface area contributed by atoms with E-state index in [1.54, 1.807) is 12.1 Å². The third-order valence-electron chi connectivity index (χ3n) is 3.23. The Bertz CT molecular complexity index is 706. The Morgan fingerprint density at radius 3 is 2.90 bits per heavy atom. The van der Waals surface area contributed by atoms with Crippen LogP contribution in [0, 0.1) is 0 Å². The summed E-state index contributed by atoms with van der Waals surface area (Å²) in [6, 6.07) is 6.53. The highest BCUT2D eigenvalue weighted by Crippen LogP contribution is 2.15. The molecule has 0 unspecified atom stereocenters. The Balaban J connectivity index is 1.80. The molecule has 3 amide bonds. The Hall–Kier alpha value is -2.70. The number of imide groups is 1. The van der Waals surface area contributed by atoms with E-state index >= 15 is 0 Å². The number of aromatic amines is 1. The predicted molar refractivity (Wildman–Crippen MR) is 69.7 cm³/mol. The van der Waals surface area contributed by atoms with Crippen LogP contribution in [-0.4, -0.2) is 34.0 Å². The molecule has 7 heteroatoms. The minimum Gasteiger partial charge on any atom is -0.339 e. The van der Waals surface area contributed by atoms with Crippen molar-refractivity contribution in [3.8, 4) is 0 Å². The van der Waals surface area contributed by atoms with Crippen molar-refractivity contribution in [2.24, 2.45) is 0 Å². The van der Waals surface area contributed by atoms with E-state index in [2.05, 4.69) is 20.8 Å². The smallest absolute Gasteiger partial charge is 0.273 e. The number of nitrogens with one attached hydrogen (secondary N) is 3. The Labute approximate surface area is 113 Å². The van der Waals surface area contributed by atoms with Gasteiger partial charge in [-0.3, -0.25) is 24.8 Å². The van der Waals surface area contributed by atoms with Crippen molar-refractivity contribution < 1.29 is 14.4 Å². The first-order valence-corrected chi connectivity index (χ1v) is 6.23. The van der Waals surface area contributed by atoms with Crippen molar-refractivity contribution >= 4 is 28.6 Å². The van der Waals surface area contributed by atoms with Crippen molar-refractivity contribution in [2.75, 3.05) is 0 Å². The van der Waals surface area contributed by atoms with E-state index in [1.807, 2.05) is 12.1 Å². The summed E-state index contributed by atoms with van der Waals surface area (Å²) in [5.74, 6) is -1.22. The van der Waals surface area contributed by atoms with Crippen molar-refractivity contribution in [1.82, 2.24) is 20.8 Å². The minimum absolute atomic E-state index is 0.220. The van der Waals surface area contributed by atoms with Gasteiger partial charge in [-0.15, -0.1) is 0 Å². The van der Waals surface area contributed by atoms with E-state index in [1.165, 1.54) is 0 Å². The zero-order valence-corrected chi connectivity index (χ0v) is 10.5. The lowest BCUT2D eigenvalue weighted by atomic mass is 10.1. The van der Waals surface area contributed by atoms with Gasteiger partial charge in [0.2, 0.25) is 11.8 Å². The number of carbonyl (C=O) groups excluding carboxylic acids is 3. The second-order valence-corrected chi connectivity index (χ2v) is 4.59. The molecule has 7 nitrogen and oxygen atoms in total. The molecule has 20 heavy (non-hydrogen) atoms. The molecule has 102 valence electrons. The maximum atomic E-state index is 12.2. The van der Waals surface area contributed by atoms with Gasteiger partial charge in [0.25, 0.3) is 5.91 Å². The van der Waals surface area contributed by atoms with E-state index < -0.39 is 17.9 Å². The van der Waals surface area contributed by atoms with Gasteiger partial charge in [-0.25, -0.2) is 0 Å². The quantitative estimate of drug-likeness (QED) is 0.674. The molecule has 0 spiro atoms. The first kappa shape index (κ1) is 12.3. The van der Waals surface area contributed by atoms with Gasteiger partial charge in [0.1, 0.15) is 6.04 Å². The van der Waals surface area contributed by atoms with Gasteiger partial charge in [-0.1, -0.05) is 18.2 Å². The third kappa shape index (κ3) is 2.13. The van der Waals surface area contributed by atoms with Gasteiger partial charge in [0.15, 0.2) is 5.69 Å². The lowest BCUT2D eigenvalue weighted by molar-refractivity contribution is -0.134. The number of rotatable bonds is 2. The van der Waals surface area contributed by atoms with Gasteiger partial charge < -0.3 is 5.32 Å². The van der Waals surface area contributed by atoms with Crippen molar-refractivity contribution in [3.05, 3.63) is 30.0 Å². The standard InChI is InChI=1S/C13H12N4O3/c18-10-6-5-9(12(19)15-10)14-13(20)11-7-3-1-2-4-8(7)16-17-11/h1-4,9H,5-6H2,(H,14,20)(H,16,17)(H,15,18,19)/t9-/m1/s1. The van der Waals surface area contributed by atoms with Crippen LogP contribution in [0.2, 0.25) is 0 Å². The van der Waals surface area contributed by atoms with Crippen LogP contribution < -0.4 is 10.6 Å². The average Bonchev–Trinajstić information content (AvgIpc) is 2.86. The van der Waals surface area contributed by atoms with Crippen LogP contribution in [0.1, 0.15) is 23.3 Å². The average molecular weight is 272 g/mol. The highest BCUT2D eigenvalue weighted by molar-refractivity contribution is 6.07. The number of benzene rings is 1. The Morgan fingerprint density at radius 1 is 1.30 bits per heavy atom. The molecular weight excluding hydrogens is 260 g/mol. The second-order valence-electron chi connectivity index (χ2n) is 4.59. The largest absolute Gasteiger partial charge is 0.339 e. The van der Waals surface area contributed by atoms with Crippen LogP contribution in [0.15, 0.2) is 24.3 Å². The molecule has 2 heterocycles. The van der Waals surface area contributed by atoms with Gasteiger partial charge in [-0.05, 0) is 12.5 Å². The molecule has 0 saturated carbocycles. The van der Waals surface area contributed by atoms with Gasteiger partial charge in [-0.2, -0.15) is 5.10 Å². The molecule has 1 aromatic carbocycles. The lowest BCUT2D eigenvalue weighted by Gasteiger charge is -2.21. The minimum atomic E-state index is -0.698. The highest BCUT2D eigenvalue weighted by Gasteiger charge is 2.29. The summed E-state index contributed by atoms with van der Waals surface area (Å²) >= 11 is 0. The molecule has 1 atom stereocenters. The second kappa shape index (κ2) is 4.76. The Kier molecular flexibility index (Phi) is 2.94. The summed E-state index contributed by atoms with van der Waals surface area (Å²) in [4.78, 5) is 34.8. The summed E-state index contributed by atoms with van der Waals surface area (Å²) in [6.07, 6.45) is 0.525. The summed E-state index contributed by atoms with van der Waals surface area (Å²) in [5.41, 5.74) is 0.992. The summed E-state index contributed by atoms with van der Waals surface area (Å²) in [5, 5.41) is 12.2. The zero-order valence-electron chi connectivity index (χ0n) is 10.5. The number of hydrogen-bond donors (Lipinski definition) is 3. The first-order valence-electron chi connectivity index (χ1n) is 6.23. The van der Waals surface area contributed by atoms with Crippen LogP contribution in [0.4, 0.5) is 0 Å². The fourth-order valence-electron chi connectivity index (χ4n) is 2.19. The van der Waals surface area contributed by atoms with E-state index in [-0.39, 0.29) is 18.0 Å². The first-order chi connectivity index (χ1) is 9.65. The normalized spacial score (nSPS) is 18.9. The van der Waals surface area contributed by atoms with Crippen LogP contribution in [0.25, 0.3) is 10.9 Å². The van der Waals surface area contributed by atoms with Gasteiger partial charge in [0.05, 0.1) is 5.52 Å². The molecule has 2 aromatic rings. The number of H-pyrrole nitrogens is 1. The SMILES string of the molecule is O=C1CC[C@@H](NC(=O)c2n[nH]c3ccccc23)C(=O)N1. The highest BCUT2D eigenvalue weighted by atomic mass is 16.2. The van der Waals surface area contributed by atoms with Crippen LogP contribution in [0.5, 0.6) is 0 Å². The maximum Gasteiger partial charge on any atom is 0.273 e. The van der Waals surface area contributed by atoms with E-state index in [9.17, 15) is 14.4 Å². The molecule has 0 aliphatic carbocycles. The molecule has 3 N–H and O–H groups in total.